The zero-order valence-electron chi connectivity index (χ0n) is 19.2. The third-order valence-corrected chi connectivity index (χ3v) is 6.06. The van der Waals surface area contributed by atoms with Crippen LogP contribution in [0.2, 0.25) is 0 Å². The monoisotopic (exact) mass is 497 g/mol. The number of carbonyl (C=O) groups is 2. The molecule has 2 aromatic heterocycles. The number of ether oxygens (including phenoxy) is 2. The van der Waals surface area contributed by atoms with E-state index in [0.29, 0.717) is 41.1 Å². The van der Waals surface area contributed by atoms with Crippen molar-refractivity contribution in [3.8, 4) is 5.75 Å². The first kappa shape index (κ1) is 23.7. The summed E-state index contributed by atoms with van der Waals surface area (Å²) in [5, 5.41) is 15.8. The van der Waals surface area contributed by atoms with E-state index in [9.17, 15) is 23.9 Å². The largest absolute Gasteiger partial charge is 0.480 e. The standard InChI is InChI=1S/C24H24FN5O6/c25-17-3-1-14-2-6-21(33)29(9-10-31)22(14)16(17)7-8-26-11-15-12-30(24(34)36-15)19-5-4-18-23(27-19)28-20(32)13-35-18/h1-6,15,26,31H,7-13H2,(H,27,28,32). The fourth-order valence-corrected chi connectivity index (χ4v) is 4.40. The molecular weight excluding hydrogens is 473 g/mol. The summed E-state index contributed by atoms with van der Waals surface area (Å²) in [6.07, 6.45) is -0.745. The number of amides is 2. The zero-order chi connectivity index (χ0) is 25.2. The lowest BCUT2D eigenvalue weighted by Crippen LogP contribution is -2.32. The van der Waals surface area contributed by atoms with Crippen molar-refractivity contribution in [1.82, 2.24) is 14.9 Å². The minimum absolute atomic E-state index is 0.0699. The maximum atomic E-state index is 14.7. The molecule has 1 aromatic carbocycles. The lowest BCUT2D eigenvalue weighted by molar-refractivity contribution is -0.118. The molecule has 1 saturated heterocycles. The summed E-state index contributed by atoms with van der Waals surface area (Å²) in [4.78, 5) is 41.9. The number of nitrogens with one attached hydrogen (secondary N) is 2. The Hall–Kier alpha value is -4.03. The highest BCUT2D eigenvalue weighted by atomic mass is 19.1. The Morgan fingerprint density at radius 2 is 2.00 bits per heavy atom. The third-order valence-electron chi connectivity index (χ3n) is 6.06. The van der Waals surface area contributed by atoms with E-state index in [1.54, 1.807) is 24.3 Å². The number of rotatable bonds is 8. The van der Waals surface area contributed by atoms with Crippen LogP contribution in [0.3, 0.4) is 0 Å². The molecule has 12 heteroatoms. The maximum Gasteiger partial charge on any atom is 0.416 e. The molecule has 4 heterocycles. The van der Waals surface area contributed by atoms with Gasteiger partial charge in [-0.3, -0.25) is 14.5 Å². The van der Waals surface area contributed by atoms with Gasteiger partial charge in [0.25, 0.3) is 11.5 Å². The summed E-state index contributed by atoms with van der Waals surface area (Å²) in [5.74, 6) is 0.236. The number of aromatic nitrogens is 2. The lowest BCUT2D eigenvalue weighted by atomic mass is 10.1. The Labute approximate surface area is 204 Å². The van der Waals surface area contributed by atoms with Gasteiger partial charge in [-0.15, -0.1) is 0 Å². The summed E-state index contributed by atoms with van der Waals surface area (Å²) in [7, 11) is 0. The maximum absolute atomic E-state index is 14.7. The van der Waals surface area contributed by atoms with Crippen molar-refractivity contribution in [2.24, 2.45) is 0 Å². The normalized spacial score (nSPS) is 17.1. The fraction of sp³-hybridized carbons (Fsp3) is 0.333. The second-order valence-corrected chi connectivity index (χ2v) is 8.43. The van der Waals surface area contributed by atoms with Crippen molar-refractivity contribution in [2.75, 3.05) is 43.1 Å². The molecule has 11 nitrogen and oxygen atoms in total. The number of fused-ring (bicyclic) bond motifs is 2. The van der Waals surface area contributed by atoms with Crippen molar-refractivity contribution in [3.63, 3.8) is 0 Å². The van der Waals surface area contributed by atoms with Gasteiger partial charge in [0.2, 0.25) is 0 Å². The van der Waals surface area contributed by atoms with Crippen molar-refractivity contribution in [3.05, 3.63) is 58.1 Å². The number of cyclic esters (lactones) is 1. The van der Waals surface area contributed by atoms with Crippen LogP contribution in [-0.4, -0.2) is 65.6 Å². The van der Waals surface area contributed by atoms with E-state index in [-0.39, 0.29) is 50.0 Å². The summed E-state index contributed by atoms with van der Waals surface area (Å²) < 4.78 is 26.8. The number of aliphatic hydroxyl groups is 1. The third kappa shape index (κ3) is 4.60. The molecule has 0 radical (unpaired) electrons. The Kier molecular flexibility index (Phi) is 6.53. The summed E-state index contributed by atoms with van der Waals surface area (Å²) in [6.45, 7) is 0.673. The van der Waals surface area contributed by atoms with Crippen molar-refractivity contribution in [1.29, 1.82) is 0 Å². The van der Waals surface area contributed by atoms with Gasteiger partial charge in [0.1, 0.15) is 17.7 Å². The van der Waals surface area contributed by atoms with Crippen LogP contribution in [-0.2, 0) is 22.5 Å². The number of hydrogen-bond donors (Lipinski definition) is 3. The van der Waals surface area contributed by atoms with E-state index in [1.807, 2.05) is 0 Å². The van der Waals surface area contributed by atoms with Gasteiger partial charge < -0.3 is 29.8 Å². The SMILES string of the molecule is O=C1COc2ccc(N3CC(CNCCc4c(F)ccc5ccc(=O)n(CCO)c45)OC3=O)nc2N1. The number of benzene rings is 1. The Morgan fingerprint density at radius 3 is 2.83 bits per heavy atom. The van der Waals surface area contributed by atoms with Gasteiger partial charge in [-0.2, -0.15) is 0 Å². The number of hydrogen-bond acceptors (Lipinski definition) is 8. The first-order chi connectivity index (χ1) is 17.4. The fourth-order valence-electron chi connectivity index (χ4n) is 4.40. The highest BCUT2D eigenvalue weighted by molar-refractivity contribution is 5.95. The molecule has 0 spiro atoms. The number of carbonyl (C=O) groups excluding carboxylic acids is 2. The average molecular weight is 497 g/mol. The molecule has 2 aliphatic rings. The number of aliphatic hydroxyl groups excluding tert-OH is 1. The van der Waals surface area contributed by atoms with Crippen LogP contribution in [0.15, 0.2) is 41.2 Å². The van der Waals surface area contributed by atoms with E-state index in [4.69, 9.17) is 9.47 Å². The molecular formula is C24H24FN5O6. The van der Waals surface area contributed by atoms with Gasteiger partial charge >= 0.3 is 6.09 Å². The molecule has 0 bridgehead atoms. The molecule has 0 saturated carbocycles. The zero-order valence-corrected chi connectivity index (χ0v) is 19.2. The van der Waals surface area contributed by atoms with Crippen LogP contribution in [0, 0.1) is 5.82 Å². The Morgan fingerprint density at radius 1 is 1.17 bits per heavy atom. The second-order valence-electron chi connectivity index (χ2n) is 8.43. The van der Waals surface area contributed by atoms with Crippen LogP contribution in [0.1, 0.15) is 5.56 Å². The van der Waals surface area contributed by atoms with Crippen molar-refractivity contribution >= 4 is 34.5 Å². The Balaban J connectivity index is 1.22. The highest BCUT2D eigenvalue weighted by Gasteiger charge is 2.33. The number of nitrogens with zero attached hydrogens (tertiary/aromatic N) is 3. The smallest absolute Gasteiger partial charge is 0.416 e. The first-order valence-corrected chi connectivity index (χ1v) is 11.5. The number of pyridine rings is 2. The van der Waals surface area contributed by atoms with Gasteiger partial charge in [-0.05, 0) is 48.7 Å². The van der Waals surface area contributed by atoms with Crippen LogP contribution in [0.5, 0.6) is 5.75 Å². The quantitative estimate of drug-likeness (QED) is 0.393. The minimum Gasteiger partial charge on any atom is -0.480 e. The van der Waals surface area contributed by atoms with E-state index in [0.717, 1.165) is 0 Å². The molecule has 2 amide bonds. The van der Waals surface area contributed by atoms with Gasteiger partial charge in [0, 0.05) is 24.7 Å². The molecule has 188 valence electrons. The molecule has 1 fully saturated rings. The van der Waals surface area contributed by atoms with Gasteiger partial charge in [0.15, 0.2) is 18.2 Å². The molecule has 0 aliphatic carbocycles. The summed E-state index contributed by atoms with van der Waals surface area (Å²) in [6, 6.07) is 9.25. The average Bonchev–Trinajstić information content (AvgIpc) is 3.24. The van der Waals surface area contributed by atoms with E-state index in [1.165, 1.54) is 21.6 Å². The minimum atomic E-state index is -0.564. The molecule has 5 rings (SSSR count). The number of anilines is 2. The highest BCUT2D eigenvalue weighted by Crippen LogP contribution is 2.30. The van der Waals surface area contributed by atoms with Crippen LogP contribution < -0.4 is 25.8 Å². The van der Waals surface area contributed by atoms with Crippen molar-refractivity contribution < 1.29 is 28.6 Å². The predicted octanol–water partition coefficient (Wildman–Crippen LogP) is 1.02. The molecule has 1 atom stereocenters. The molecule has 3 N–H and O–H groups in total. The van der Waals surface area contributed by atoms with E-state index < -0.39 is 18.0 Å². The summed E-state index contributed by atoms with van der Waals surface area (Å²) >= 11 is 0. The second kappa shape index (κ2) is 9.91. The molecule has 1 unspecified atom stereocenters. The summed E-state index contributed by atoms with van der Waals surface area (Å²) in [5.41, 5.74) is 0.529. The van der Waals surface area contributed by atoms with Crippen LogP contribution in [0.25, 0.3) is 10.9 Å². The topological polar surface area (TPSA) is 135 Å². The van der Waals surface area contributed by atoms with Gasteiger partial charge in [-0.1, -0.05) is 0 Å². The Bertz CT molecular complexity index is 1390. The molecule has 2 aliphatic heterocycles. The number of halogens is 1. The van der Waals surface area contributed by atoms with E-state index >= 15 is 0 Å². The first-order valence-electron chi connectivity index (χ1n) is 11.5. The predicted molar refractivity (Wildman–Crippen MR) is 128 cm³/mol. The molecule has 3 aromatic rings. The van der Waals surface area contributed by atoms with Gasteiger partial charge in [0.05, 0.1) is 18.7 Å². The van der Waals surface area contributed by atoms with Crippen molar-refractivity contribution in [2.45, 2.75) is 19.1 Å². The van der Waals surface area contributed by atoms with Crippen LogP contribution in [0.4, 0.5) is 20.8 Å². The van der Waals surface area contributed by atoms with Crippen LogP contribution >= 0.6 is 0 Å². The van der Waals surface area contributed by atoms with Gasteiger partial charge in [-0.25, -0.2) is 14.2 Å². The molecule has 36 heavy (non-hydrogen) atoms. The lowest BCUT2D eigenvalue weighted by Gasteiger charge is -2.19. The van der Waals surface area contributed by atoms with E-state index in [2.05, 4.69) is 15.6 Å².